The molecular formula is C22H22ClN3O2. The van der Waals surface area contributed by atoms with Crippen LogP contribution in [0.4, 0.5) is 0 Å². The van der Waals surface area contributed by atoms with Gasteiger partial charge in [-0.3, -0.25) is 4.79 Å². The molecule has 1 aromatic heterocycles. The number of carbonyl (C=O) groups excluding carboxylic acids is 1. The van der Waals surface area contributed by atoms with Crippen LogP contribution in [0.1, 0.15) is 36.3 Å². The van der Waals surface area contributed by atoms with Crippen molar-refractivity contribution < 1.29 is 9.32 Å². The van der Waals surface area contributed by atoms with Crippen molar-refractivity contribution in [2.24, 2.45) is 0 Å². The summed E-state index contributed by atoms with van der Waals surface area (Å²) in [5.74, 6) is 1.12. The lowest BCUT2D eigenvalue weighted by atomic mass is 10.1. The second kappa shape index (κ2) is 8.15. The van der Waals surface area contributed by atoms with Crippen molar-refractivity contribution in [2.45, 2.75) is 45.2 Å². The van der Waals surface area contributed by atoms with Gasteiger partial charge in [-0.2, -0.15) is 4.98 Å². The predicted molar refractivity (Wildman–Crippen MR) is 108 cm³/mol. The monoisotopic (exact) mass is 395 g/mol. The predicted octanol–water partition coefficient (Wildman–Crippen LogP) is 4.82. The van der Waals surface area contributed by atoms with Crippen LogP contribution in [0.2, 0.25) is 5.02 Å². The van der Waals surface area contributed by atoms with Crippen LogP contribution in [-0.2, 0) is 17.8 Å². The minimum Gasteiger partial charge on any atom is -0.339 e. The van der Waals surface area contributed by atoms with Gasteiger partial charge in [-0.15, -0.1) is 0 Å². The van der Waals surface area contributed by atoms with Gasteiger partial charge in [-0.25, -0.2) is 0 Å². The highest BCUT2D eigenvalue weighted by Crippen LogP contribution is 2.29. The van der Waals surface area contributed by atoms with E-state index >= 15 is 0 Å². The Hall–Kier alpha value is -2.66. The molecule has 0 atom stereocenters. The fourth-order valence-electron chi connectivity index (χ4n) is 3.24. The number of benzene rings is 2. The number of halogens is 1. The lowest BCUT2D eigenvalue weighted by Crippen LogP contribution is -2.32. The summed E-state index contributed by atoms with van der Waals surface area (Å²) in [6.07, 6.45) is 2.97. The largest absolute Gasteiger partial charge is 0.339 e. The van der Waals surface area contributed by atoms with Gasteiger partial charge in [-0.1, -0.05) is 46.6 Å². The number of aromatic nitrogens is 2. The van der Waals surface area contributed by atoms with Crippen LogP contribution < -0.4 is 0 Å². The molecule has 0 radical (unpaired) electrons. The maximum atomic E-state index is 12.8. The zero-order valence-corrected chi connectivity index (χ0v) is 16.5. The number of nitrogens with zero attached hydrogens (tertiary/aromatic N) is 3. The van der Waals surface area contributed by atoms with E-state index in [9.17, 15) is 4.79 Å². The lowest BCUT2D eigenvalue weighted by Gasteiger charge is -2.22. The van der Waals surface area contributed by atoms with Crippen molar-refractivity contribution in [1.82, 2.24) is 15.0 Å². The van der Waals surface area contributed by atoms with Gasteiger partial charge in [0.05, 0.1) is 0 Å². The highest BCUT2D eigenvalue weighted by molar-refractivity contribution is 6.30. The summed E-state index contributed by atoms with van der Waals surface area (Å²) in [6.45, 7) is 2.73. The Morgan fingerprint density at radius 2 is 2.00 bits per heavy atom. The molecule has 0 bridgehead atoms. The van der Waals surface area contributed by atoms with Gasteiger partial charge < -0.3 is 9.42 Å². The quantitative estimate of drug-likeness (QED) is 0.575. The van der Waals surface area contributed by atoms with E-state index in [1.807, 2.05) is 23.1 Å². The Balaban J connectivity index is 1.38. The van der Waals surface area contributed by atoms with Crippen LogP contribution in [0, 0.1) is 6.92 Å². The maximum Gasteiger partial charge on any atom is 0.227 e. The van der Waals surface area contributed by atoms with Gasteiger partial charge >= 0.3 is 0 Å². The van der Waals surface area contributed by atoms with Crippen molar-refractivity contribution >= 4 is 17.5 Å². The topological polar surface area (TPSA) is 59.2 Å². The standard InChI is InChI=1S/C22H22ClN3O2/c1-15-3-2-4-16(13-15)14-26(19-9-10-19)21(27)12-11-20-24-22(25-28-20)17-5-7-18(23)8-6-17/h2-8,13,19H,9-12,14H2,1H3. The van der Waals surface area contributed by atoms with E-state index in [-0.39, 0.29) is 5.91 Å². The summed E-state index contributed by atoms with van der Waals surface area (Å²) in [6, 6.07) is 15.9. The summed E-state index contributed by atoms with van der Waals surface area (Å²) in [4.78, 5) is 19.2. The van der Waals surface area contributed by atoms with Crippen LogP contribution >= 0.6 is 11.6 Å². The Bertz CT molecular complexity index is 964. The van der Waals surface area contributed by atoms with Gasteiger partial charge in [0.1, 0.15) is 0 Å². The van der Waals surface area contributed by atoms with E-state index < -0.39 is 0 Å². The van der Waals surface area contributed by atoms with E-state index in [0.717, 1.165) is 18.4 Å². The number of carbonyl (C=O) groups is 1. The van der Waals surface area contributed by atoms with Crippen molar-refractivity contribution in [1.29, 1.82) is 0 Å². The molecule has 2 aromatic carbocycles. The molecule has 0 unspecified atom stereocenters. The Morgan fingerprint density at radius 1 is 1.21 bits per heavy atom. The van der Waals surface area contributed by atoms with E-state index in [1.165, 1.54) is 11.1 Å². The Labute approximate surface area is 169 Å². The molecule has 3 aromatic rings. The molecule has 1 amide bonds. The van der Waals surface area contributed by atoms with Crippen molar-refractivity contribution in [2.75, 3.05) is 0 Å². The van der Waals surface area contributed by atoms with E-state index in [0.29, 0.717) is 42.2 Å². The third-order valence-corrected chi connectivity index (χ3v) is 5.12. The van der Waals surface area contributed by atoms with Crippen LogP contribution in [0.3, 0.4) is 0 Å². The third-order valence-electron chi connectivity index (χ3n) is 4.87. The van der Waals surface area contributed by atoms with Crippen LogP contribution in [0.25, 0.3) is 11.4 Å². The summed E-state index contributed by atoms with van der Waals surface area (Å²) in [5.41, 5.74) is 3.22. The molecule has 1 aliphatic carbocycles. The zero-order valence-electron chi connectivity index (χ0n) is 15.8. The van der Waals surface area contributed by atoms with Crippen molar-refractivity contribution in [3.63, 3.8) is 0 Å². The van der Waals surface area contributed by atoms with Crippen LogP contribution in [0.15, 0.2) is 53.1 Å². The number of hydrogen-bond donors (Lipinski definition) is 0. The molecule has 144 valence electrons. The lowest BCUT2D eigenvalue weighted by molar-refractivity contribution is -0.132. The van der Waals surface area contributed by atoms with E-state index in [4.69, 9.17) is 16.1 Å². The molecule has 5 nitrogen and oxygen atoms in total. The first-order valence-corrected chi connectivity index (χ1v) is 9.90. The summed E-state index contributed by atoms with van der Waals surface area (Å²) in [7, 11) is 0. The normalized spacial score (nSPS) is 13.5. The van der Waals surface area contributed by atoms with Crippen molar-refractivity contribution in [3.05, 3.63) is 70.6 Å². The summed E-state index contributed by atoms with van der Waals surface area (Å²) in [5, 5.41) is 4.67. The number of aryl methyl sites for hydroxylation is 2. The molecule has 4 rings (SSSR count). The smallest absolute Gasteiger partial charge is 0.227 e. The highest BCUT2D eigenvalue weighted by Gasteiger charge is 2.32. The molecule has 1 heterocycles. The van der Waals surface area contributed by atoms with Crippen molar-refractivity contribution in [3.8, 4) is 11.4 Å². The van der Waals surface area contributed by atoms with Gasteiger partial charge in [0.25, 0.3) is 0 Å². The fraction of sp³-hybridized carbons (Fsp3) is 0.318. The van der Waals surface area contributed by atoms with Crippen LogP contribution in [0.5, 0.6) is 0 Å². The van der Waals surface area contributed by atoms with Gasteiger partial charge in [0.15, 0.2) is 0 Å². The van der Waals surface area contributed by atoms with Gasteiger partial charge in [0.2, 0.25) is 17.6 Å². The minimum absolute atomic E-state index is 0.134. The zero-order chi connectivity index (χ0) is 19.5. The number of amides is 1. The van der Waals surface area contributed by atoms with Gasteiger partial charge in [-0.05, 0) is 49.6 Å². The third kappa shape index (κ3) is 4.60. The maximum absolute atomic E-state index is 12.8. The van der Waals surface area contributed by atoms with E-state index in [1.54, 1.807) is 12.1 Å². The second-order valence-corrected chi connectivity index (χ2v) is 7.70. The van der Waals surface area contributed by atoms with E-state index in [2.05, 4.69) is 35.3 Å². The molecule has 0 aliphatic heterocycles. The second-order valence-electron chi connectivity index (χ2n) is 7.26. The molecule has 6 heteroatoms. The molecule has 0 spiro atoms. The first-order valence-electron chi connectivity index (χ1n) is 9.52. The number of rotatable bonds is 7. The fourth-order valence-corrected chi connectivity index (χ4v) is 3.37. The summed E-state index contributed by atoms with van der Waals surface area (Å²) >= 11 is 5.91. The summed E-state index contributed by atoms with van der Waals surface area (Å²) < 4.78 is 5.32. The molecule has 1 saturated carbocycles. The minimum atomic E-state index is 0.134. The molecule has 1 aliphatic rings. The Morgan fingerprint density at radius 3 is 2.71 bits per heavy atom. The first kappa shape index (κ1) is 18.7. The number of hydrogen-bond acceptors (Lipinski definition) is 4. The average molecular weight is 396 g/mol. The molecular weight excluding hydrogens is 374 g/mol. The first-order chi connectivity index (χ1) is 13.6. The molecule has 28 heavy (non-hydrogen) atoms. The average Bonchev–Trinajstić information content (AvgIpc) is 3.42. The SMILES string of the molecule is Cc1cccc(CN(C(=O)CCc2nc(-c3ccc(Cl)cc3)no2)C2CC2)c1. The molecule has 0 N–H and O–H groups in total. The Kier molecular flexibility index (Phi) is 5.44. The van der Waals surface area contributed by atoms with Crippen LogP contribution in [-0.4, -0.2) is 27.0 Å². The molecule has 1 fully saturated rings. The molecule has 0 saturated heterocycles. The van der Waals surface area contributed by atoms with Gasteiger partial charge in [0, 0.05) is 36.0 Å². The highest BCUT2D eigenvalue weighted by atomic mass is 35.5.